The molecule has 0 aromatic heterocycles. The van der Waals surface area contributed by atoms with Crippen molar-refractivity contribution < 1.29 is 5.11 Å². The Morgan fingerprint density at radius 2 is 1.57 bits per heavy atom. The quantitative estimate of drug-likeness (QED) is 0.735. The van der Waals surface area contributed by atoms with Gasteiger partial charge in [0.05, 0.1) is 6.10 Å². The average molecular weight is 280 g/mol. The molecule has 0 unspecified atom stereocenters. The van der Waals surface area contributed by atoms with Crippen LogP contribution >= 0.6 is 0 Å². The highest BCUT2D eigenvalue weighted by Crippen LogP contribution is 2.29. The van der Waals surface area contributed by atoms with Crippen LogP contribution in [0, 0.1) is 0 Å². The van der Waals surface area contributed by atoms with Gasteiger partial charge in [0, 0.05) is 5.41 Å². The van der Waals surface area contributed by atoms with Gasteiger partial charge in [-0.3, -0.25) is 0 Å². The van der Waals surface area contributed by atoms with Gasteiger partial charge in [-0.1, -0.05) is 86.7 Å². The molecule has 0 saturated carbocycles. The van der Waals surface area contributed by atoms with Gasteiger partial charge in [0.25, 0.3) is 0 Å². The maximum Gasteiger partial charge on any atom is 0.0824 e. The van der Waals surface area contributed by atoms with E-state index in [-0.39, 0.29) is 5.41 Å². The smallest absolute Gasteiger partial charge is 0.0824 e. The molecule has 0 heterocycles. The molecule has 1 N–H and O–H groups in total. The number of rotatable bonds is 6. The first kappa shape index (κ1) is 15.5. The van der Waals surface area contributed by atoms with Crippen LogP contribution < -0.4 is 0 Å². The highest BCUT2D eigenvalue weighted by atomic mass is 16.3. The third kappa shape index (κ3) is 4.05. The topological polar surface area (TPSA) is 20.2 Å². The molecule has 2 aromatic carbocycles. The van der Waals surface area contributed by atoms with Crippen molar-refractivity contribution in [3.05, 3.63) is 83.9 Å². The van der Waals surface area contributed by atoms with Crippen molar-refractivity contribution in [2.75, 3.05) is 0 Å². The summed E-state index contributed by atoms with van der Waals surface area (Å²) in [5.74, 6) is 0. The lowest BCUT2D eigenvalue weighted by atomic mass is 9.79. The van der Waals surface area contributed by atoms with E-state index in [0.29, 0.717) is 6.42 Å². The summed E-state index contributed by atoms with van der Waals surface area (Å²) in [6, 6.07) is 20.4. The van der Waals surface area contributed by atoms with Crippen molar-refractivity contribution in [1.82, 2.24) is 0 Å². The summed E-state index contributed by atoms with van der Waals surface area (Å²) in [6.07, 6.45) is 5.59. The zero-order chi connectivity index (χ0) is 15.1. The van der Waals surface area contributed by atoms with Gasteiger partial charge >= 0.3 is 0 Å². The van der Waals surface area contributed by atoms with Crippen molar-refractivity contribution >= 4 is 0 Å². The molecule has 0 saturated heterocycles. The molecule has 2 rings (SSSR count). The Morgan fingerprint density at radius 1 is 1.00 bits per heavy atom. The molecule has 0 aliphatic carbocycles. The fourth-order valence-electron chi connectivity index (χ4n) is 2.51. The van der Waals surface area contributed by atoms with E-state index in [1.807, 2.05) is 36.4 Å². The molecule has 0 spiro atoms. The van der Waals surface area contributed by atoms with E-state index in [4.69, 9.17) is 0 Å². The highest BCUT2D eigenvalue weighted by Gasteiger charge is 2.20. The summed E-state index contributed by atoms with van der Waals surface area (Å²) in [4.78, 5) is 0. The largest absolute Gasteiger partial charge is 0.388 e. The van der Waals surface area contributed by atoms with E-state index in [1.54, 1.807) is 0 Å². The van der Waals surface area contributed by atoms with E-state index in [2.05, 4.69) is 50.3 Å². The first-order valence-corrected chi connectivity index (χ1v) is 7.62. The van der Waals surface area contributed by atoms with Crippen LogP contribution in [0.1, 0.15) is 43.9 Å². The number of aliphatic hydroxyl groups is 1. The van der Waals surface area contributed by atoms with Gasteiger partial charge in [-0.2, -0.15) is 0 Å². The number of hydrogen-bond acceptors (Lipinski definition) is 1. The Balaban J connectivity index is 2.05. The van der Waals surface area contributed by atoms with Gasteiger partial charge in [-0.25, -0.2) is 0 Å². The molecule has 2 aromatic rings. The molecular formula is C20H24O. The first-order chi connectivity index (χ1) is 10.2. The van der Waals surface area contributed by atoms with E-state index >= 15 is 0 Å². The van der Waals surface area contributed by atoms with E-state index in [9.17, 15) is 5.11 Å². The third-order valence-electron chi connectivity index (χ3n) is 4.20. The van der Waals surface area contributed by atoms with Crippen molar-refractivity contribution in [2.24, 2.45) is 0 Å². The maximum absolute atomic E-state index is 10.2. The van der Waals surface area contributed by atoms with Gasteiger partial charge < -0.3 is 5.11 Å². The Labute approximate surface area is 128 Å². The van der Waals surface area contributed by atoms with Crippen molar-refractivity contribution in [3.8, 4) is 0 Å². The van der Waals surface area contributed by atoms with E-state index in [1.165, 1.54) is 5.56 Å². The molecule has 0 fully saturated rings. The summed E-state index contributed by atoms with van der Waals surface area (Å²) >= 11 is 0. The zero-order valence-corrected chi connectivity index (χ0v) is 12.9. The maximum atomic E-state index is 10.2. The molecule has 2 atom stereocenters. The Hall–Kier alpha value is -1.86. The second-order valence-electron chi connectivity index (χ2n) is 5.70. The minimum Gasteiger partial charge on any atom is -0.388 e. The molecule has 0 aliphatic rings. The molecule has 110 valence electrons. The predicted molar refractivity (Wildman–Crippen MR) is 89.2 cm³/mol. The van der Waals surface area contributed by atoms with Gasteiger partial charge in [0.1, 0.15) is 0 Å². The molecule has 0 amide bonds. The van der Waals surface area contributed by atoms with Crippen molar-refractivity contribution in [1.29, 1.82) is 0 Å². The highest BCUT2D eigenvalue weighted by molar-refractivity contribution is 5.30. The van der Waals surface area contributed by atoms with Crippen LogP contribution in [0.3, 0.4) is 0 Å². The van der Waals surface area contributed by atoms with E-state index < -0.39 is 6.10 Å². The summed E-state index contributed by atoms with van der Waals surface area (Å²) < 4.78 is 0. The van der Waals surface area contributed by atoms with Gasteiger partial charge in [0.2, 0.25) is 0 Å². The molecule has 1 heteroatoms. The summed E-state index contributed by atoms with van der Waals surface area (Å²) in [7, 11) is 0. The van der Waals surface area contributed by atoms with Crippen LogP contribution in [0.25, 0.3) is 0 Å². The third-order valence-corrected chi connectivity index (χ3v) is 4.20. The van der Waals surface area contributed by atoms with Crippen LogP contribution in [0.15, 0.2) is 72.8 Å². The minimum atomic E-state index is -0.431. The Bertz CT molecular complexity index is 559. The Kier molecular flexibility index (Phi) is 5.35. The standard InChI is InChI=1S/C20H24O/c1-3-20(2,18-13-8-5-9-14-18)16-10-15-19(21)17-11-6-4-7-12-17/h4-14,16,19,21H,3,15H2,1-2H3/b16-10-/t19-,20+/m1/s1. The average Bonchev–Trinajstić information content (AvgIpc) is 2.56. The number of allylic oxidation sites excluding steroid dienone is 1. The number of hydrogen-bond donors (Lipinski definition) is 1. The fraction of sp³-hybridized carbons (Fsp3) is 0.300. The van der Waals surface area contributed by atoms with Crippen molar-refractivity contribution in [2.45, 2.75) is 38.2 Å². The molecule has 1 nitrogen and oxygen atoms in total. The second kappa shape index (κ2) is 7.24. The van der Waals surface area contributed by atoms with Gasteiger partial charge in [0.15, 0.2) is 0 Å². The molecular weight excluding hydrogens is 256 g/mol. The predicted octanol–water partition coefficient (Wildman–Crippen LogP) is 5.03. The second-order valence-corrected chi connectivity index (χ2v) is 5.70. The van der Waals surface area contributed by atoms with Crippen LogP contribution in [0.2, 0.25) is 0 Å². The summed E-state index contributed by atoms with van der Waals surface area (Å²) in [5, 5.41) is 10.2. The molecule has 0 radical (unpaired) electrons. The molecule has 0 aliphatic heterocycles. The SMILES string of the molecule is CC[C@@](C)(/C=C\C[C@@H](O)c1ccccc1)c1ccccc1. The fourth-order valence-corrected chi connectivity index (χ4v) is 2.51. The van der Waals surface area contributed by atoms with Crippen LogP contribution in [0.4, 0.5) is 0 Å². The Morgan fingerprint density at radius 3 is 2.14 bits per heavy atom. The van der Waals surface area contributed by atoms with Crippen LogP contribution in [-0.4, -0.2) is 5.11 Å². The van der Waals surface area contributed by atoms with Crippen LogP contribution in [0.5, 0.6) is 0 Å². The minimum absolute atomic E-state index is 0.0255. The molecule has 21 heavy (non-hydrogen) atoms. The lowest BCUT2D eigenvalue weighted by Gasteiger charge is -2.25. The first-order valence-electron chi connectivity index (χ1n) is 7.62. The monoisotopic (exact) mass is 280 g/mol. The number of benzene rings is 2. The normalized spacial score (nSPS) is 15.8. The van der Waals surface area contributed by atoms with Gasteiger partial charge in [-0.05, 0) is 24.0 Å². The zero-order valence-electron chi connectivity index (χ0n) is 12.9. The summed E-state index contributed by atoms with van der Waals surface area (Å²) in [6.45, 7) is 4.44. The molecule has 0 bridgehead atoms. The summed E-state index contributed by atoms with van der Waals surface area (Å²) in [5.41, 5.74) is 2.32. The lowest BCUT2D eigenvalue weighted by Crippen LogP contribution is -2.17. The van der Waals surface area contributed by atoms with Crippen LogP contribution in [-0.2, 0) is 5.41 Å². The van der Waals surface area contributed by atoms with Gasteiger partial charge in [-0.15, -0.1) is 0 Å². The van der Waals surface area contributed by atoms with E-state index in [0.717, 1.165) is 12.0 Å². The lowest BCUT2D eigenvalue weighted by molar-refractivity contribution is 0.181. The number of aliphatic hydroxyl groups excluding tert-OH is 1. The van der Waals surface area contributed by atoms with Crippen molar-refractivity contribution in [3.63, 3.8) is 0 Å².